The smallest absolute Gasteiger partial charge is 0.255 e. The van der Waals surface area contributed by atoms with Crippen LogP contribution >= 0.6 is 24.0 Å². The van der Waals surface area contributed by atoms with Crippen LogP contribution in [0.1, 0.15) is 30.1 Å². The van der Waals surface area contributed by atoms with Crippen molar-refractivity contribution in [1.82, 2.24) is 15.5 Å². The van der Waals surface area contributed by atoms with Gasteiger partial charge >= 0.3 is 0 Å². The van der Waals surface area contributed by atoms with E-state index in [4.69, 9.17) is 0 Å². The average molecular weight is 460 g/mol. The summed E-state index contributed by atoms with van der Waals surface area (Å²) < 4.78 is 0. The van der Waals surface area contributed by atoms with Crippen molar-refractivity contribution in [2.75, 3.05) is 33.2 Å². The van der Waals surface area contributed by atoms with Gasteiger partial charge in [-0.15, -0.1) is 30.6 Å². The van der Waals surface area contributed by atoms with Crippen molar-refractivity contribution < 1.29 is 9.90 Å². The number of phenolic OH excluding ortho intramolecular Hbond substituents is 1. The molecule has 1 amide bonds. The van der Waals surface area contributed by atoms with Crippen molar-refractivity contribution in [1.29, 1.82) is 0 Å². The van der Waals surface area contributed by atoms with Gasteiger partial charge in [-0.05, 0) is 31.9 Å². The number of nitrogens with zero attached hydrogens (tertiary/aromatic N) is 2. The van der Waals surface area contributed by atoms with Gasteiger partial charge in [0.25, 0.3) is 5.91 Å². The zero-order valence-corrected chi connectivity index (χ0v) is 17.3. The minimum Gasteiger partial charge on any atom is -0.507 e. The molecule has 1 aromatic carbocycles. The summed E-state index contributed by atoms with van der Waals surface area (Å²) in [6, 6.07) is 6.48. The Balaban J connectivity index is 0.00000576. The molecular weight excluding hydrogens is 431 g/mol. The highest BCUT2D eigenvalue weighted by Gasteiger charge is 2.09. The third-order valence-electron chi connectivity index (χ3n) is 3.41. The molecule has 6 nitrogen and oxygen atoms in total. The highest BCUT2D eigenvalue weighted by Crippen LogP contribution is 2.14. The highest BCUT2D eigenvalue weighted by molar-refractivity contribution is 14.0. The zero-order chi connectivity index (χ0) is 17.8. The van der Waals surface area contributed by atoms with E-state index < -0.39 is 0 Å². The van der Waals surface area contributed by atoms with Crippen molar-refractivity contribution in [2.45, 2.75) is 19.8 Å². The molecule has 0 unspecified atom stereocenters. The fourth-order valence-electron chi connectivity index (χ4n) is 2.14. The van der Waals surface area contributed by atoms with Crippen molar-refractivity contribution in [3.63, 3.8) is 0 Å². The van der Waals surface area contributed by atoms with Gasteiger partial charge in [-0.25, -0.2) is 0 Å². The minimum absolute atomic E-state index is 0. The van der Waals surface area contributed by atoms with Gasteiger partial charge in [-0.2, -0.15) is 0 Å². The summed E-state index contributed by atoms with van der Waals surface area (Å²) in [7, 11) is 1.99. The lowest BCUT2D eigenvalue weighted by atomic mass is 10.2. The predicted octanol–water partition coefficient (Wildman–Crippen LogP) is 2.60. The van der Waals surface area contributed by atoms with Gasteiger partial charge in [0.1, 0.15) is 5.75 Å². The summed E-state index contributed by atoms with van der Waals surface area (Å²) in [5.74, 6) is 0.500. The van der Waals surface area contributed by atoms with Crippen LogP contribution in [-0.2, 0) is 0 Å². The summed E-state index contributed by atoms with van der Waals surface area (Å²) in [5, 5.41) is 15.7. The van der Waals surface area contributed by atoms with Gasteiger partial charge in [0.05, 0.1) is 12.1 Å². The predicted molar refractivity (Wildman–Crippen MR) is 114 cm³/mol. The summed E-state index contributed by atoms with van der Waals surface area (Å²) in [6.07, 6.45) is 3.90. The Morgan fingerprint density at radius 3 is 2.72 bits per heavy atom. The topological polar surface area (TPSA) is 77.0 Å². The van der Waals surface area contributed by atoms with Crippen LogP contribution in [0.15, 0.2) is 41.9 Å². The molecule has 140 valence electrons. The van der Waals surface area contributed by atoms with Gasteiger partial charge in [0.2, 0.25) is 0 Å². The second kappa shape index (κ2) is 13.5. The maximum Gasteiger partial charge on any atom is 0.255 e. The first kappa shape index (κ1) is 23.2. The number of para-hydroxylation sites is 1. The number of unbranched alkanes of at least 4 members (excludes halogenated alkanes) is 1. The van der Waals surface area contributed by atoms with Crippen LogP contribution in [0.5, 0.6) is 5.75 Å². The fourth-order valence-corrected chi connectivity index (χ4v) is 2.14. The maximum absolute atomic E-state index is 12.0. The normalized spacial score (nSPS) is 10.6. The molecule has 0 aliphatic carbocycles. The van der Waals surface area contributed by atoms with Gasteiger partial charge in [-0.1, -0.05) is 18.2 Å². The summed E-state index contributed by atoms with van der Waals surface area (Å²) >= 11 is 0. The molecule has 1 rings (SSSR count). The van der Waals surface area contributed by atoms with E-state index >= 15 is 0 Å². The molecule has 7 heteroatoms. The molecular formula is C18H29IN4O2. The van der Waals surface area contributed by atoms with Gasteiger partial charge < -0.3 is 20.6 Å². The first-order chi connectivity index (χ1) is 11.6. The molecule has 0 radical (unpaired) electrons. The number of aliphatic imine (C=N–C) groups is 1. The zero-order valence-electron chi connectivity index (χ0n) is 15.0. The molecule has 0 heterocycles. The Bertz CT molecular complexity index is 564. The SMILES string of the molecule is C=CCCCN(C)C(=NCCNC(=O)c1ccccc1O)NCC.I. The van der Waals surface area contributed by atoms with Crippen LogP contribution in [0.4, 0.5) is 0 Å². The van der Waals surface area contributed by atoms with E-state index in [1.165, 1.54) is 6.07 Å². The second-order valence-corrected chi connectivity index (χ2v) is 5.36. The van der Waals surface area contributed by atoms with Crippen LogP contribution in [0.25, 0.3) is 0 Å². The number of carbonyl (C=O) groups excluding carboxylic acids is 1. The number of guanidine groups is 1. The molecule has 0 atom stereocenters. The number of amides is 1. The fraction of sp³-hybridized carbons (Fsp3) is 0.444. The highest BCUT2D eigenvalue weighted by atomic mass is 127. The van der Waals surface area contributed by atoms with Gasteiger partial charge in [-0.3, -0.25) is 9.79 Å². The standard InChI is InChI=1S/C18H28N4O2.HI/c1-4-6-9-14-22(3)18(19-5-2)21-13-12-20-17(24)15-10-7-8-11-16(15)23;/h4,7-8,10-11,23H,1,5-6,9,12-14H2,2-3H3,(H,19,21)(H,20,24);1H. The third-order valence-corrected chi connectivity index (χ3v) is 3.41. The molecule has 0 aromatic heterocycles. The number of phenols is 1. The Hall–Kier alpha value is -1.77. The molecule has 0 aliphatic heterocycles. The van der Waals surface area contributed by atoms with Crippen LogP contribution < -0.4 is 10.6 Å². The molecule has 3 N–H and O–H groups in total. The van der Waals surface area contributed by atoms with E-state index in [9.17, 15) is 9.90 Å². The number of carbonyl (C=O) groups is 1. The number of nitrogens with one attached hydrogen (secondary N) is 2. The van der Waals surface area contributed by atoms with E-state index in [0.29, 0.717) is 13.1 Å². The van der Waals surface area contributed by atoms with E-state index in [-0.39, 0.29) is 41.2 Å². The van der Waals surface area contributed by atoms with E-state index in [1.807, 2.05) is 20.0 Å². The van der Waals surface area contributed by atoms with Crippen LogP contribution in [0.2, 0.25) is 0 Å². The number of aromatic hydroxyl groups is 1. The molecule has 0 aliphatic rings. The van der Waals surface area contributed by atoms with Crippen LogP contribution in [0, 0.1) is 0 Å². The molecule has 0 saturated heterocycles. The molecule has 1 aromatic rings. The number of rotatable bonds is 9. The number of halogens is 1. The minimum atomic E-state index is -0.298. The number of hydrogen-bond donors (Lipinski definition) is 3. The summed E-state index contributed by atoms with van der Waals surface area (Å²) in [4.78, 5) is 18.6. The van der Waals surface area contributed by atoms with Crippen molar-refractivity contribution >= 4 is 35.8 Å². The number of allylic oxidation sites excluding steroid dienone is 1. The van der Waals surface area contributed by atoms with Crippen molar-refractivity contribution in [3.8, 4) is 5.75 Å². The number of hydrogen-bond acceptors (Lipinski definition) is 3. The average Bonchev–Trinajstić information content (AvgIpc) is 2.58. The first-order valence-corrected chi connectivity index (χ1v) is 8.26. The Morgan fingerprint density at radius 2 is 2.08 bits per heavy atom. The molecule has 25 heavy (non-hydrogen) atoms. The third kappa shape index (κ3) is 8.76. The first-order valence-electron chi connectivity index (χ1n) is 8.26. The lowest BCUT2D eigenvalue weighted by Gasteiger charge is -2.21. The Morgan fingerprint density at radius 1 is 1.36 bits per heavy atom. The van der Waals surface area contributed by atoms with E-state index in [1.54, 1.807) is 18.2 Å². The Labute approximate surface area is 167 Å². The number of benzene rings is 1. The quantitative estimate of drug-likeness (QED) is 0.174. The van der Waals surface area contributed by atoms with Gasteiger partial charge in [0, 0.05) is 26.7 Å². The van der Waals surface area contributed by atoms with E-state index in [0.717, 1.165) is 31.9 Å². The monoisotopic (exact) mass is 460 g/mol. The molecule has 0 bridgehead atoms. The summed E-state index contributed by atoms with van der Waals surface area (Å²) in [6.45, 7) is 8.29. The molecule has 0 spiro atoms. The largest absolute Gasteiger partial charge is 0.507 e. The molecule has 0 fully saturated rings. The Kier molecular flexibility index (Phi) is 12.6. The van der Waals surface area contributed by atoms with Crippen molar-refractivity contribution in [2.24, 2.45) is 4.99 Å². The van der Waals surface area contributed by atoms with Crippen LogP contribution in [-0.4, -0.2) is 55.1 Å². The summed E-state index contributed by atoms with van der Waals surface area (Å²) in [5.41, 5.74) is 0.273. The maximum atomic E-state index is 12.0. The lowest BCUT2D eigenvalue weighted by molar-refractivity contribution is 0.0952. The lowest BCUT2D eigenvalue weighted by Crippen LogP contribution is -2.40. The molecule has 0 saturated carbocycles. The van der Waals surface area contributed by atoms with E-state index in [2.05, 4.69) is 27.1 Å². The van der Waals surface area contributed by atoms with Crippen molar-refractivity contribution in [3.05, 3.63) is 42.5 Å². The van der Waals surface area contributed by atoms with Gasteiger partial charge in [0.15, 0.2) is 5.96 Å². The second-order valence-electron chi connectivity index (χ2n) is 5.36. The van der Waals surface area contributed by atoms with Crippen LogP contribution in [0.3, 0.4) is 0 Å².